The molecule has 0 aliphatic carbocycles. The molecule has 0 aromatic carbocycles. The van der Waals surface area contributed by atoms with E-state index in [0.717, 1.165) is 26.2 Å². The van der Waals surface area contributed by atoms with Crippen LogP contribution in [0.4, 0.5) is 0 Å². The molecule has 0 saturated carbocycles. The summed E-state index contributed by atoms with van der Waals surface area (Å²) >= 11 is 0. The highest BCUT2D eigenvalue weighted by Gasteiger charge is 2.26. The first-order chi connectivity index (χ1) is 8.31. The molecule has 1 aromatic rings. The third kappa shape index (κ3) is 3.31. The van der Waals surface area contributed by atoms with E-state index < -0.39 is 0 Å². The molecule has 2 unspecified atom stereocenters. The molecule has 0 amide bonds. The van der Waals surface area contributed by atoms with Gasteiger partial charge in [0.1, 0.15) is 0 Å². The van der Waals surface area contributed by atoms with Crippen molar-refractivity contribution in [2.24, 2.45) is 11.7 Å². The monoisotopic (exact) mass is 238 g/mol. The van der Waals surface area contributed by atoms with E-state index in [1.165, 1.54) is 12.0 Å². The average molecular weight is 238 g/mol. The van der Waals surface area contributed by atoms with E-state index in [-0.39, 0.29) is 0 Å². The molecule has 4 nitrogen and oxygen atoms in total. The molecule has 1 aliphatic heterocycles. The molecule has 1 aromatic heterocycles. The molecule has 2 rings (SSSR count). The van der Waals surface area contributed by atoms with Crippen LogP contribution in [0.25, 0.3) is 0 Å². The van der Waals surface area contributed by atoms with Crippen molar-refractivity contribution in [3.63, 3.8) is 0 Å². The summed E-state index contributed by atoms with van der Waals surface area (Å²) in [5.74, 6) is 0.561. The van der Waals surface area contributed by atoms with Crippen molar-refractivity contribution in [2.75, 3.05) is 26.8 Å². The van der Waals surface area contributed by atoms with Gasteiger partial charge >= 0.3 is 0 Å². The molecule has 0 bridgehead atoms. The zero-order chi connectivity index (χ0) is 12.1. The maximum Gasteiger partial charge on any atom is 0.0947 e. The summed E-state index contributed by atoms with van der Waals surface area (Å²) in [5.41, 5.74) is 7.11. The van der Waals surface area contributed by atoms with Gasteiger partial charge in [-0.15, -0.1) is 0 Å². The standard InChI is InChI=1S/C13H22N2O2/c1-15(8-11-4-6-17-9-11)13(7-14)12-3-2-5-16-10-12/h4,6,9,12-13H,2-3,5,7-8,10,14H2,1H3. The van der Waals surface area contributed by atoms with Gasteiger partial charge in [-0.1, -0.05) is 0 Å². The highest BCUT2D eigenvalue weighted by Crippen LogP contribution is 2.21. The smallest absolute Gasteiger partial charge is 0.0947 e. The summed E-state index contributed by atoms with van der Waals surface area (Å²) in [4.78, 5) is 2.31. The van der Waals surface area contributed by atoms with E-state index in [1.54, 1.807) is 12.5 Å². The van der Waals surface area contributed by atoms with Crippen molar-refractivity contribution in [3.8, 4) is 0 Å². The van der Waals surface area contributed by atoms with E-state index in [2.05, 4.69) is 11.9 Å². The Bertz CT molecular complexity index is 307. The van der Waals surface area contributed by atoms with Gasteiger partial charge in [0.05, 0.1) is 19.1 Å². The minimum absolute atomic E-state index is 0.394. The lowest BCUT2D eigenvalue weighted by molar-refractivity contribution is 0.0156. The molecule has 1 fully saturated rings. The van der Waals surface area contributed by atoms with E-state index in [1.807, 2.05) is 6.07 Å². The Morgan fingerprint density at radius 2 is 2.47 bits per heavy atom. The Kier molecular flexibility index (Phi) is 4.59. The second kappa shape index (κ2) is 6.19. The quantitative estimate of drug-likeness (QED) is 0.844. The van der Waals surface area contributed by atoms with Gasteiger partial charge in [0, 0.05) is 31.3 Å². The maximum absolute atomic E-state index is 5.91. The molecule has 2 atom stereocenters. The maximum atomic E-state index is 5.91. The lowest BCUT2D eigenvalue weighted by atomic mass is 9.92. The third-order valence-corrected chi connectivity index (χ3v) is 3.56. The summed E-state index contributed by atoms with van der Waals surface area (Å²) in [5, 5.41) is 0. The Morgan fingerprint density at radius 1 is 1.59 bits per heavy atom. The zero-order valence-corrected chi connectivity index (χ0v) is 10.5. The van der Waals surface area contributed by atoms with Crippen molar-refractivity contribution in [1.82, 2.24) is 4.90 Å². The van der Waals surface area contributed by atoms with Crippen LogP contribution in [-0.2, 0) is 11.3 Å². The fourth-order valence-corrected chi connectivity index (χ4v) is 2.59. The van der Waals surface area contributed by atoms with Crippen molar-refractivity contribution >= 4 is 0 Å². The van der Waals surface area contributed by atoms with Crippen molar-refractivity contribution in [3.05, 3.63) is 24.2 Å². The average Bonchev–Trinajstić information content (AvgIpc) is 2.84. The van der Waals surface area contributed by atoms with Crippen LogP contribution in [0, 0.1) is 5.92 Å². The fourth-order valence-electron chi connectivity index (χ4n) is 2.59. The van der Waals surface area contributed by atoms with Crippen LogP contribution in [0.5, 0.6) is 0 Å². The van der Waals surface area contributed by atoms with Gasteiger partial charge in [-0.25, -0.2) is 0 Å². The normalized spacial score (nSPS) is 22.9. The van der Waals surface area contributed by atoms with Crippen LogP contribution in [0.3, 0.4) is 0 Å². The lowest BCUT2D eigenvalue weighted by Gasteiger charge is -2.35. The molecular formula is C13H22N2O2. The van der Waals surface area contributed by atoms with Crippen molar-refractivity contribution in [1.29, 1.82) is 0 Å². The third-order valence-electron chi connectivity index (χ3n) is 3.56. The van der Waals surface area contributed by atoms with Gasteiger partial charge in [0.25, 0.3) is 0 Å². The van der Waals surface area contributed by atoms with Crippen LogP contribution in [-0.4, -0.2) is 37.7 Å². The number of furan rings is 1. The molecule has 2 heterocycles. The Labute approximate surface area is 103 Å². The van der Waals surface area contributed by atoms with Crippen LogP contribution < -0.4 is 5.73 Å². The predicted molar refractivity (Wildman–Crippen MR) is 66.6 cm³/mol. The number of nitrogens with two attached hydrogens (primary N) is 1. The number of hydrogen-bond donors (Lipinski definition) is 1. The Morgan fingerprint density at radius 3 is 3.06 bits per heavy atom. The molecule has 4 heteroatoms. The molecule has 0 spiro atoms. The zero-order valence-electron chi connectivity index (χ0n) is 10.5. The van der Waals surface area contributed by atoms with E-state index in [4.69, 9.17) is 14.9 Å². The highest BCUT2D eigenvalue weighted by atomic mass is 16.5. The van der Waals surface area contributed by atoms with E-state index in [9.17, 15) is 0 Å². The van der Waals surface area contributed by atoms with Crippen LogP contribution in [0.15, 0.2) is 23.0 Å². The van der Waals surface area contributed by atoms with Gasteiger partial charge in [-0.05, 0) is 31.9 Å². The topological polar surface area (TPSA) is 51.6 Å². The predicted octanol–water partition coefficient (Wildman–Crippen LogP) is 1.47. The van der Waals surface area contributed by atoms with Gasteiger partial charge in [-0.3, -0.25) is 4.90 Å². The first kappa shape index (κ1) is 12.6. The number of likely N-dealkylation sites (N-methyl/N-ethyl adjacent to an activating group) is 1. The SMILES string of the molecule is CN(Cc1ccoc1)C(CN)C1CCCOC1. The lowest BCUT2D eigenvalue weighted by Crippen LogP contribution is -2.45. The minimum atomic E-state index is 0.394. The molecule has 1 aliphatic rings. The fraction of sp³-hybridized carbons (Fsp3) is 0.692. The van der Waals surface area contributed by atoms with Gasteiger partial charge in [-0.2, -0.15) is 0 Å². The van der Waals surface area contributed by atoms with Crippen LogP contribution in [0.1, 0.15) is 18.4 Å². The molecule has 2 N–H and O–H groups in total. The van der Waals surface area contributed by atoms with E-state index >= 15 is 0 Å². The number of hydrogen-bond acceptors (Lipinski definition) is 4. The van der Waals surface area contributed by atoms with Gasteiger partial charge in [0.2, 0.25) is 0 Å². The minimum Gasteiger partial charge on any atom is -0.472 e. The Balaban J connectivity index is 1.92. The van der Waals surface area contributed by atoms with Crippen LogP contribution >= 0.6 is 0 Å². The first-order valence-electron chi connectivity index (χ1n) is 6.30. The van der Waals surface area contributed by atoms with Crippen LogP contribution in [0.2, 0.25) is 0 Å². The molecular weight excluding hydrogens is 216 g/mol. The van der Waals surface area contributed by atoms with Crippen molar-refractivity contribution < 1.29 is 9.15 Å². The summed E-state index contributed by atoms with van der Waals surface area (Å²) in [6.07, 6.45) is 5.88. The highest BCUT2D eigenvalue weighted by molar-refractivity contribution is 5.05. The number of rotatable bonds is 5. The summed E-state index contributed by atoms with van der Waals surface area (Å²) in [6.45, 7) is 3.31. The number of ether oxygens (including phenoxy) is 1. The van der Waals surface area contributed by atoms with E-state index in [0.29, 0.717) is 18.5 Å². The molecule has 96 valence electrons. The second-order valence-electron chi connectivity index (χ2n) is 4.83. The summed E-state index contributed by atoms with van der Waals surface area (Å²) in [6, 6.07) is 2.40. The second-order valence-corrected chi connectivity index (χ2v) is 4.83. The van der Waals surface area contributed by atoms with Gasteiger partial charge in [0.15, 0.2) is 0 Å². The van der Waals surface area contributed by atoms with Gasteiger partial charge < -0.3 is 14.9 Å². The van der Waals surface area contributed by atoms with Crippen molar-refractivity contribution in [2.45, 2.75) is 25.4 Å². The molecule has 1 saturated heterocycles. The summed E-state index contributed by atoms with van der Waals surface area (Å²) in [7, 11) is 2.12. The Hall–Kier alpha value is -0.840. The largest absolute Gasteiger partial charge is 0.472 e. The first-order valence-corrected chi connectivity index (χ1v) is 6.30. The summed E-state index contributed by atoms with van der Waals surface area (Å²) < 4.78 is 10.6. The number of nitrogens with zero attached hydrogens (tertiary/aromatic N) is 1. The molecule has 0 radical (unpaired) electrons. The molecule has 17 heavy (non-hydrogen) atoms.